The fourth-order valence-corrected chi connectivity index (χ4v) is 1.60. The third kappa shape index (κ3) is 2.68. The molecule has 96 valence electrons. The summed E-state index contributed by atoms with van der Waals surface area (Å²) in [5.74, 6) is -0.915. The number of esters is 2. The maximum atomic E-state index is 11.8. The lowest BCUT2D eigenvalue weighted by Crippen LogP contribution is -2.13. The average Bonchev–Trinajstić information content (AvgIpc) is 3.19. The highest BCUT2D eigenvalue weighted by Gasteiger charge is 2.25. The monoisotopic (exact) mass is 250 g/mol. The third-order valence-corrected chi connectivity index (χ3v) is 2.76. The quantitative estimate of drug-likeness (QED) is 0.596. The van der Waals surface area contributed by atoms with Crippen LogP contribution in [0.5, 0.6) is 0 Å². The molecule has 1 aliphatic rings. The molecule has 1 aromatic rings. The van der Waals surface area contributed by atoms with Gasteiger partial charge < -0.3 is 14.2 Å². The number of carbonyl (C=O) groups excluding carboxylic acids is 2. The normalized spacial score (nSPS) is 17.1. The molecule has 18 heavy (non-hydrogen) atoms. The predicted molar refractivity (Wildman–Crippen MR) is 62.5 cm³/mol. The lowest BCUT2D eigenvalue weighted by molar-refractivity contribution is 0.0476. The van der Waals surface area contributed by atoms with Crippen molar-refractivity contribution in [2.45, 2.75) is 13.0 Å². The summed E-state index contributed by atoms with van der Waals surface area (Å²) in [6.45, 7) is 2.58. The van der Waals surface area contributed by atoms with E-state index in [1.54, 1.807) is 25.1 Å². The van der Waals surface area contributed by atoms with Crippen LogP contribution < -0.4 is 0 Å². The molecule has 0 spiro atoms. The van der Waals surface area contributed by atoms with Gasteiger partial charge in [0.15, 0.2) is 0 Å². The predicted octanol–water partition coefficient (Wildman–Crippen LogP) is 1.34. The second-order valence-corrected chi connectivity index (χ2v) is 4.02. The molecule has 0 aliphatic carbocycles. The van der Waals surface area contributed by atoms with E-state index in [2.05, 4.69) is 4.74 Å². The Morgan fingerprint density at radius 3 is 2.50 bits per heavy atom. The number of carbonyl (C=O) groups is 2. The van der Waals surface area contributed by atoms with Crippen molar-refractivity contribution >= 4 is 11.9 Å². The van der Waals surface area contributed by atoms with Gasteiger partial charge in [-0.25, -0.2) is 9.59 Å². The van der Waals surface area contributed by atoms with Gasteiger partial charge in [0.05, 0.1) is 24.8 Å². The van der Waals surface area contributed by atoms with Crippen LogP contribution >= 0.6 is 0 Å². The molecule has 0 bridgehead atoms. The molecule has 1 aliphatic heterocycles. The topological polar surface area (TPSA) is 65.1 Å². The number of hydrogen-bond donors (Lipinski definition) is 0. The van der Waals surface area contributed by atoms with Gasteiger partial charge in [0, 0.05) is 0 Å². The highest BCUT2D eigenvalue weighted by atomic mass is 16.6. The molecule has 0 radical (unpaired) electrons. The van der Waals surface area contributed by atoms with Crippen LogP contribution in [0.4, 0.5) is 0 Å². The Bertz CT molecular complexity index is 476. The van der Waals surface area contributed by atoms with Crippen LogP contribution in [0.25, 0.3) is 0 Å². The Balaban J connectivity index is 2.15. The molecule has 1 unspecified atom stereocenters. The zero-order valence-corrected chi connectivity index (χ0v) is 10.3. The van der Waals surface area contributed by atoms with Gasteiger partial charge in [0.1, 0.15) is 12.7 Å². The Hall–Kier alpha value is -1.88. The smallest absolute Gasteiger partial charge is 0.338 e. The van der Waals surface area contributed by atoms with Gasteiger partial charge in [-0.15, -0.1) is 0 Å². The number of methoxy groups -OCH3 is 1. The third-order valence-electron chi connectivity index (χ3n) is 2.76. The van der Waals surface area contributed by atoms with E-state index in [4.69, 9.17) is 9.47 Å². The van der Waals surface area contributed by atoms with Crippen LogP contribution in [0.2, 0.25) is 0 Å². The first-order valence-corrected chi connectivity index (χ1v) is 5.60. The van der Waals surface area contributed by atoms with E-state index in [9.17, 15) is 9.59 Å². The molecular weight excluding hydrogens is 236 g/mol. The second kappa shape index (κ2) is 5.18. The van der Waals surface area contributed by atoms with E-state index < -0.39 is 11.9 Å². The summed E-state index contributed by atoms with van der Waals surface area (Å²) in [6.07, 6.45) is 0.0260. The minimum Gasteiger partial charge on any atom is -0.465 e. The molecule has 1 saturated heterocycles. The van der Waals surface area contributed by atoms with Crippen molar-refractivity contribution < 1.29 is 23.8 Å². The van der Waals surface area contributed by atoms with Gasteiger partial charge in [-0.2, -0.15) is 0 Å². The minimum absolute atomic E-state index is 0.0260. The summed E-state index contributed by atoms with van der Waals surface area (Å²) in [7, 11) is 1.30. The molecule has 1 atom stereocenters. The van der Waals surface area contributed by atoms with Crippen molar-refractivity contribution in [3.63, 3.8) is 0 Å². The first-order chi connectivity index (χ1) is 8.63. The second-order valence-electron chi connectivity index (χ2n) is 4.02. The minimum atomic E-state index is -0.465. The van der Waals surface area contributed by atoms with Crippen molar-refractivity contribution in [1.82, 2.24) is 0 Å². The largest absolute Gasteiger partial charge is 0.465 e. The van der Waals surface area contributed by atoms with E-state index in [-0.39, 0.29) is 12.7 Å². The van der Waals surface area contributed by atoms with Crippen molar-refractivity contribution in [3.05, 3.63) is 34.9 Å². The van der Waals surface area contributed by atoms with Gasteiger partial charge in [-0.1, -0.05) is 6.07 Å². The molecule has 5 heteroatoms. The molecule has 1 aromatic carbocycles. The zero-order valence-electron chi connectivity index (χ0n) is 10.3. The van der Waals surface area contributed by atoms with Crippen molar-refractivity contribution in [3.8, 4) is 0 Å². The van der Waals surface area contributed by atoms with Crippen LogP contribution in [-0.4, -0.2) is 38.4 Å². The number of ether oxygens (including phenoxy) is 3. The fraction of sp³-hybridized carbons (Fsp3) is 0.385. The Labute approximate surface area is 105 Å². The summed E-state index contributed by atoms with van der Waals surface area (Å²) in [6, 6.07) is 4.86. The highest BCUT2D eigenvalue weighted by molar-refractivity contribution is 5.97. The van der Waals surface area contributed by atoms with Crippen LogP contribution in [0.1, 0.15) is 26.3 Å². The standard InChI is InChI=1S/C13H14O5/c1-8-10(12(14)16-2)4-3-5-11(8)13(15)18-7-9-6-17-9/h3-5,9H,6-7H2,1-2H3. The van der Waals surface area contributed by atoms with E-state index >= 15 is 0 Å². The summed E-state index contributed by atoms with van der Waals surface area (Å²) in [5.41, 5.74) is 1.30. The van der Waals surface area contributed by atoms with E-state index in [1.165, 1.54) is 7.11 Å². The first kappa shape index (κ1) is 12.6. The Morgan fingerprint density at radius 1 is 1.33 bits per heavy atom. The highest BCUT2D eigenvalue weighted by Crippen LogP contribution is 2.17. The number of rotatable bonds is 4. The van der Waals surface area contributed by atoms with Crippen LogP contribution in [-0.2, 0) is 14.2 Å². The molecule has 0 aromatic heterocycles. The van der Waals surface area contributed by atoms with Crippen LogP contribution in [0.15, 0.2) is 18.2 Å². The van der Waals surface area contributed by atoms with Crippen molar-refractivity contribution in [2.24, 2.45) is 0 Å². The van der Waals surface area contributed by atoms with Gasteiger partial charge in [-0.3, -0.25) is 0 Å². The number of epoxide rings is 1. The summed E-state index contributed by atoms with van der Waals surface area (Å²) >= 11 is 0. The van der Waals surface area contributed by atoms with Crippen molar-refractivity contribution in [2.75, 3.05) is 20.3 Å². The molecule has 5 nitrogen and oxygen atoms in total. The molecule has 1 heterocycles. The van der Waals surface area contributed by atoms with Gasteiger partial charge in [-0.05, 0) is 24.6 Å². The molecule has 0 N–H and O–H groups in total. The lowest BCUT2D eigenvalue weighted by atomic mass is 10.0. The van der Waals surface area contributed by atoms with E-state index in [0.717, 1.165) is 0 Å². The van der Waals surface area contributed by atoms with Gasteiger partial charge >= 0.3 is 11.9 Å². The maximum Gasteiger partial charge on any atom is 0.338 e. The molecule has 2 rings (SSSR count). The zero-order chi connectivity index (χ0) is 13.1. The molecule has 0 amide bonds. The van der Waals surface area contributed by atoms with Crippen LogP contribution in [0.3, 0.4) is 0 Å². The summed E-state index contributed by atoms with van der Waals surface area (Å²) in [4.78, 5) is 23.3. The number of hydrogen-bond acceptors (Lipinski definition) is 5. The first-order valence-electron chi connectivity index (χ1n) is 5.60. The van der Waals surface area contributed by atoms with Gasteiger partial charge in [0.2, 0.25) is 0 Å². The molecule has 1 fully saturated rings. The SMILES string of the molecule is COC(=O)c1cccc(C(=O)OCC2CO2)c1C. The van der Waals surface area contributed by atoms with E-state index in [0.29, 0.717) is 23.3 Å². The van der Waals surface area contributed by atoms with Gasteiger partial charge in [0.25, 0.3) is 0 Å². The molecule has 0 saturated carbocycles. The average molecular weight is 250 g/mol. The van der Waals surface area contributed by atoms with Crippen LogP contribution in [0, 0.1) is 6.92 Å². The molecular formula is C13H14O5. The summed E-state index contributed by atoms with van der Waals surface area (Å²) < 4.78 is 14.7. The van der Waals surface area contributed by atoms with Crippen molar-refractivity contribution in [1.29, 1.82) is 0 Å². The summed E-state index contributed by atoms with van der Waals surface area (Å²) in [5, 5.41) is 0. The fourth-order valence-electron chi connectivity index (χ4n) is 1.60. The Kier molecular flexibility index (Phi) is 3.62. The Morgan fingerprint density at radius 2 is 1.94 bits per heavy atom. The number of benzene rings is 1. The van der Waals surface area contributed by atoms with E-state index in [1.807, 2.05) is 0 Å². The maximum absolute atomic E-state index is 11.8. The lowest BCUT2D eigenvalue weighted by Gasteiger charge is -2.09.